The van der Waals surface area contributed by atoms with E-state index < -0.39 is 0 Å². The first-order valence-corrected chi connectivity index (χ1v) is 8.82. The van der Waals surface area contributed by atoms with E-state index in [-0.39, 0.29) is 11.0 Å². The molecule has 2 heteroatoms. The highest BCUT2D eigenvalue weighted by molar-refractivity contribution is 5.37. The molecule has 0 amide bonds. The van der Waals surface area contributed by atoms with E-state index in [1.807, 2.05) is 0 Å². The lowest BCUT2D eigenvalue weighted by Gasteiger charge is -2.29. The molecule has 0 aromatic heterocycles. The summed E-state index contributed by atoms with van der Waals surface area (Å²) in [6, 6.07) is 0.467. The van der Waals surface area contributed by atoms with Gasteiger partial charge in [0, 0.05) is 22.7 Å². The molecule has 1 saturated heterocycles. The van der Waals surface area contributed by atoms with Gasteiger partial charge in [0.15, 0.2) is 0 Å². The Kier molecular flexibility index (Phi) is 5.21. The van der Waals surface area contributed by atoms with E-state index in [9.17, 15) is 0 Å². The van der Waals surface area contributed by atoms with E-state index in [2.05, 4.69) is 76.5 Å². The van der Waals surface area contributed by atoms with Crippen molar-refractivity contribution in [3.05, 3.63) is 35.6 Å². The van der Waals surface area contributed by atoms with Gasteiger partial charge in [-0.05, 0) is 71.1 Å². The molecule has 0 aromatic rings. The minimum atomic E-state index is 0.0972. The summed E-state index contributed by atoms with van der Waals surface area (Å²) in [5.74, 6) is 0.660. The Labute approximate surface area is 137 Å². The predicted octanol–water partition coefficient (Wildman–Crippen LogP) is 4.56. The standard InChI is InChI=1S/C20H34N2/c1-15(2)22-18-10-9-17(12-19(3,4)14-18)16-8-7-11-21-20(5,6)13-16/h9-10,12,14-16,21-22H,7-8,11,13H2,1-6H3/t16-/m0/s1. The average Bonchev–Trinajstić information content (AvgIpc) is 2.61. The van der Waals surface area contributed by atoms with Crippen molar-refractivity contribution in [2.24, 2.45) is 11.3 Å². The average molecular weight is 303 g/mol. The van der Waals surface area contributed by atoms with Crippen LogP contribution in [-0.4, -0.2) is 18.1 Å². The second-order valence-electron chi connectivity index (χ2n) is 8.55. The topological polar surface area (TPSA) is 24.1 Å². The van der Waals surface area contributed by atoms with Gasteiger partial charge in [-0.25, -0.2) is 0 Å². The second kappa shape index (κ2) is 6.62. The fraction of sp³-hybridized carbons (Fsp3) is 0.700. The molecule has 1 heterocycles. The normalized spacial score (nSPS) is 27.7. The molecule has 0 saturated carbocycles. The van der Waals surface area contributed by atoms with Crippen molar-refractivity contribution in [3.8, 4) is 0 Å². The van der Waals surface area contributed by atoms with Crippen LogP contribution in [0.1, 0.15) is 60.8 Å². The van der Waals surface area contributed by atoms with Crippen LogP contribution >= 0.6 is 0 Å². The summed E-state index contributed by atoms with van der Waals surface area (Å²) in [4.78, 5) is 0. The van der Waals surface area contributed by atoms with Crippen molar-refractivity contribution in [2.75, 3.05) is 6.54 Å². The van der Waals surface area contributed by atoms with E-state index >= 15 is 0 Å². The van der Waals surface area contributed by atoms with Gasteiger partial charge in [0.1, 0.15) is 0 Å². The summed E-state index contributed by atoms with van der Waals surface area (Å²) in [5, 5.41) is 7.24. The van der Waals surface area contributed by atoms with Gasteiger partial charge in [-0.15, -0.1) is 0 Å². The third kappa shape index (κ3) is 5.01. The van der Waals surface area contributed by atoms with Gasteiger partial charge in [0.25, 0.3) is 0 Å². The lowest BCUT2D eigenvalue weighted by atomic mass is 9.81. The van der Waals surface area contributed by atoms with Crippen molar-refractivity contribution >= 4 is 0 Å². The minimum Gasteiger partial charge on any atom is -0.383 e. The molecule has 1 aliphatic carbocycles. The smallest absolute Gasteiger partial charge is 0.0310 e. The quantitative estimate of drug-likeness (QED) is 0.798. The fourth-order valence-corrected chi connectivity index (χ4v) is 3.68. The van der Waals surface area contributed by atoms with Crippen LogP contribution in [0.25, 0.3) is 0 Å². The first-order valence-electron chi connectivity index (χ1n) is 8.82. The maximum absolute atomic E-state index is 3.68. The Morgan fingerprint density at radius 3 is 2.55 bits per heavy atom. The Bertz CT molecular complexity index is 478. The zero-order chi connectivity index (χ0) is 16.4. The van der Waals surface area contributed by atoms with E-state index in [1.165, 1.54) is 30.5 Å². The third-order valence-electron chi connectivity index (χ3n) is 4.54. The molecule has 1 atom stereocenters. The van der Waals surface area contributed by atoms with E-state index in [0.717, 1.165) is 6.54 Å². The maximum atomic E-state index is 3.68. The molecule has 2 aliphatic rings. The molecule has 0 spiro atoms. The number of hydrogen-bond donors (Lipinski definition) is 2. The predicted molar refractivity (Wildman–Crippen MR) is 96.8 cm³/mol. The molecular weight excluding hydrogens is 268 g/mol. The van der Waals surface area contributed by atoms with Crippen LogP contribution in [-0.2, 0) is 0 Å². The highest BCUT2D eigenvalue weighted by Gasteiger charge is 2.28. The fourth-order valence-electron chi connectivity index (χ4n) is 3.68. The number of nitrogens with one attached hydrogen (secondary N) is 2. The Balaban J connectivity index is 2.22. The summed E-state index contributed by atoms with van der Waals surface area (Å²) >= 11 is 0. The highest BCUT2D eigenvalue weighted by Crippen LogP contribution is 2.35. The molecule has 2 N–H and O–H groups in total. The van der Waals surface area contributed by atoms with Crippen LogP contribution < -0.4 is 10.6 Å². The van der Waals surface area contributed by atoms with Crippen molar-refractivity contribution < 1.29 is 0 Å². The highest BCUT2D eigenvalue weighted by atomic mass is 15.0. The van der Waals surface area contributed by atoms with Gasteiger partial charge in [-0.2, -0.15) is 0 Å². The molecule has 0 aromatic carbocycles. The zero-order valence-electron chi connectivity index (χ0n) is 15.3. The van der Waals surface area contributed by atoms with Crippen LogP contribution in [0.15, 0.2) is 35.6 Å². The van der Waals surface area contributed by atoms with Gasteiger partial charge >= 0.3 is 0 Å². The molecule has 0 bridgehead atoms. The first-order chi connectivity index (χ1) is 10.2. The van der Waals surface area contributed by atoms with Gasteiger partial charge in [-0.1, -0.05) is 32.1 Å². The van der Waals surface area contributed by atoms with Crippen molar-refractivity contribution in [2.45, 2.75) is 72.4 Å². The van der Waals surface area contributed by atoms with Crippen LogP contribution in [0.2, 0.25) is 0 Å². The van der Waals surface area contributed by atoms with Gasteiger partial charge < -0.3 is 10.6 Å². The molecule has 2 nitrogen and oxygen atoms in total. The van der Waals surface area contributed by atoms with E-state index in [4.69, 9.17) is 0 Å². The molecule has 124 valence electrons. The summed E-state index contributed by atoms with van der Waals surface area (Å²) in [6.07, 6.45) is 13.2. The lowest BCUT2D eigenvalue weighted by molar-refractivity contribution is 0.350. The Morgan fingerprint density at radius 1 is 1.14 bits per heavy atom. The molecular formula is C20H34N2. The monoisotopic (exact) mass is 302 g/mol. The number of allylic oxidation sites excluding steroid dienone is 5. The number of hydrogen-bond acceptors (Lipinski definition) is 2. The third-order valence-corrected chi connectivity index (χ3v) is 4.54. The molecule has 2 rings (SSSR count). The molecule has 0 unspecified atom stereocenters. The van der Waals surface area contributed by atoms with Crippen molar-refractivity contribution in [1.82, 2.24) is 10.6 Å². The van der Waals surface area contributed by atoms with Gasteiger partial charge in [-0.3, -0.25) is 0 Å². The molecule has 0 radical (unpaired) electrons. The zero-order valence-corrected chi connectivity index (χ0v) is 15.3. The Morgan fingerprint density at radius 2 is 1.86 bits per heavy atom. The minimum absolute atomic E-state index is 0.0972. The van der Waals surface area contributed by atoms with E-state index in [0.29, 0.717) is 12.0 Å². The lowest BCUT2D eigenvalue weighted by Crippen LogP contribution is -2.39. The Hall–Kier alpha value is -1.02. The summed E-state index contributed by atoms with van der Waals surface area (Å²) in [5.41, 5.74) is 3.09. The molecule has 1 aliphatic heterocycles. The van der Waals surface area contributed by atoms with Crippen molar-refractivity contribution in [3.63, 3.8) is 0 Å². The summed E-state index contributed by atoms with van der Waals surface area (Å²) in [6.45, 7) is 14.8. The largest absolute Gasteiger partial charge is 0.383 e. The van der Waals surface area contributed by atoms with Gasteiger partial charge in [0.05, 0.1) is 0 Å². The number of rotatable bonds is 3. The molecule has 1 fully saturated rings. The van der Waals surface area contributed by atoms with Crippen LogP contribution in [0.4, 0.5) is 0 Å². The second-order valence-corrected chi connectivity index (χ2v) is 8.55. The SMILES string of the molecule is CC(C)NC1=CC(C)(C)C=C([C@H]2CCCNC(C)(C)C2)C=C1. The van der Waals surface area contributed by atoms with Crippen LogP contribution in [0.3, 0.4) is 0 Å². The summed E-state index contributed by atoms with van der Waals surface area (Å²) in [7, 11) is 0. The maximum Gasteiger partial charge on any atom is 0.0310 e. The van der Waals surface area contributed by atoms with Crippen molar-refractivity contribution in [1.29, 1.82) is 0 Å². The molecule has 22 heavy (non-hydrogen) atoms. The summed E-state index contributed by atoms with van der Waals surface area (Å²) < 4.78 is 0. The van der Waals surface area contributed by atoms with Crippen LogP contribution in [0.5, 0.6) is 0 Å². The van der Waals surface area contributed by atoms with Crippen LogP contribution in [0, 0.1) is 11.3 Å². The van der Waals surface area contributed by atoms with Gasteiger partial charge in [0.2, 0.25) is 0 Å². The first kappa shape index (κ1) is 17.3. The van der Waals surface area contributed by atoms with E-state index in [1.54, 1.807) is 0 Å².